The third-order valence-corrected chi connectivity index (χ3v) is 5.83. The molecule has 9 heteroatoms. The molecule has 0 radical (unpaired) electrons. The molecule has 4 aromatic rings. The molecule has 2 aromatic heterocycles. The lowest BCUT2D eigenvalue weighted by molar-refractivity contribution is -0.115. The van der Waals surface area contributed by atoms with Crippen molar-refractivity contribution >= 4 is 33.2 Å². The van der Waals surface area contributed by atoms with Gasteiger partial charge in [-0.15, -0.1) is 5.10 Å². The number of ether oxygens (including phenoxy) is 2. The number of hydrogen-bond acceptors (Lipinski definition) is 5. The lowest BCUT2D eigenvalue weighted by atomic mass is 10.1. The maximum atomic E-state index is 12.7. The van der Waals surface area contributed by atoms with Crippen molar-refractivity contribution in [3.63, 3.8) is 0 Å². The molecule has 1 aliphatic rings. The standard InChI is InChI=1S/C23H19BrN4O4/c24-18-13-20-19(31-8-9-32-20)11-16(18)12-22(29)25-17-5-3-4-15(10-17)14-28-23(30)27-7-2-1-6-21(27)26-28/h1-7,10-11,13H,8-9,12,14H2,(H,25,29). The van der Waals surface area contributed by atoms with E-state index in [2.05, 4.69) is 26.3 Å². The Kier molecular flexibility index (Phi) is 5.40. The number of nitrogens with zero attached hydrogens (tertiary/aromatic N) is 3. The Balaban J connectivity index is 1.30. The Morgan fingerprint density at radius 1 is 1.06 bits per heavy atom. The fourth-order valence-corrected chi connectivity index (χ4v) is 4.07. The summed E-state index contributed by atoms with van der Waals surface area (Å²) in [6.45, 7) is 1.30. The number of rotatable bonds is 5. The maximum absolute atomic E-state index is 12.7. The number of nitrogens with one attached hydrogen (secondary N) is 1. The second kappa shape index (κ2) is 8.51. The Labute approximate surface area is 191 Å². The molecule has 8 nitrogen and oxygen atoms in total. The third-order valence-electron chi connectivity index (χ3n) is 5.09. The van der Waals surface area contributed by atoms with Crippen LogP contribution >= 0.6 is 15.9 Å². The minimum Gasteiger partial charge on any atom is -0.486 e. The lowest BCUT2D eigenvalue weighted by Gasteiger charge is -2.19. The van der Waals surface area contributed by atoms with Crippen molar-refractivity contribution in [2.75, 3.05) is 18.5 Å². The van der Waals surface area contributed by atoms with Crippen LogP contribution in [0.4, 0.5) is 5.69 Å². The maximum Gasteiger partial charge on any atom is 0.350 e. The van der Waals surface area contributed by atoms with E-state index in [4.69, 9.17) is 9.47 Å². The highest BCUT2D eigenvalue weighted by Gasteiger charge is 2.17. The number of anilines is 1. The first kappa shape index (κ1) is 20.3. The minimum absolute atomic E-state index is 0.163. The van der Waals surface area contributed by atoms with Crippen molar-refractivity contribution in [2.24, 2.45) is 0 Å². The van der Waals surface area contributed by atoms with Gasteiger partial charge in [-0.05, 0) is 47.5 Å². The van der Waals surface area contributed by atoms with Gasteiger partial charge in [-0.1, -0.05) is 34.1 Å². The Morgan fingerprint density at radius 2 is 1.88 bits per heavy atom. The van der Waals surface area contributed by atoms with E-state index in [9.17, 15) is 9.59 Å². The van der Waals surface area contributed by atoms with Crippen LogP contribution in [0.1, 0.15) is 11.1 Å². The Bertz CT molecular complexity index is 1380. The monoisotopic (exact) mass is 494 g/mol. The topological polar surface area (TPSA) is 86.9 Å². The summed E-state index contributed by atoms with van der Waals surface area (Å²) in [5, 5.41) is 7.27. The van der Waals surface area contributed by atoms with Gasteiger partial charge >= 0.3 is 5.69 Å². The molecule has 0 saturated carbocycles. The zero-order valence-electron chi connectivity index (χ0n) is 17.0. The molecule has 0 aliphatic carbocycles. The van der Waals surface area contributed by atoms with Crippen molar-refractivity contribution in [1.29, 1.82) is 0 Å². The first-order valence-electron chi connectivity index (χ1n) is 10.1. The predicted octanol–water partition coefficient (Wildman–Crippen LogP) is 3.26. The number of fused-ring (bicyclic) bond motifs is 2. The number of pyridine rings is 1. The summed E-state index contributed by atoms with van der Waals surface area (Å²) in [4.78, 5) is 25.2. The van der Waals surface area contributed by atoms with Gasteiger partial charge in [0.25, 0.3) is 0 Å². The third kappa shape index (κ3) is 4.11. The minimum atomic E-state index is -0.210. The first-order chi connectivity index (χ1) is 15.6. The summed E-state index contributed by atoms with van der Waals surface area (Å²) < 4.78 is 14.9. The molecular weight excluding hydrogens is 476 g/mol. The average molecular weight is 495 g/mol. The second-order valence-electron chi connectivity index (χ2n) is 7.38. The summed E-state index contributed by atoms with van der Waals surface area (Å²) in [6, 6.07) is 16.4. The van der Waals surface area contributed by atoms with Gasteiger partial charge < -0.3 is 14.8 Å². The zero-order valence-corrected chi connectivity index (χ0v) is 18.5. The molecule has 1 amide bonds. The number of aromatic nitrogens is 3. The zero-order chi connectivity index (χ0) is 22.1. The van der Waals surface area contributed by atoms with Crippen LogP contribution in [0, 0.1) is 0 Å². The van der Waals surface area contributed by atoms with Crippen LogP contribution in [0.3, 0.4) is 0 Å². The molecule has 5 rings (SSSR count). The molecule has 0 atom stereocenters. The van der Waals surface area contributed by atoms with Crippen LogP contribution in [-0.2, 0) is 17.8 Å². The van der Waals surface area contributed by atoms with Crippen LogP contribution in [0.15, 0.2) is 70.1 Å². The Morgan fingerprint density at radius 3 is 2.69 bits per heavy atom. The largest absolute Gasteiger partial charge is 0.486 e. The van der Waals surface area contributed by atoms with Crippen LogP contribution in [0.5, 0.6) is 11.5 Å². The van der Waals surface area contributed by atoms with E-state index in [1.165, 1.54) is 9.08 Å². The fraction of sp³-hybridized carbons (Fsp3) is 0.174. The Hall–Kier alpha value is -3.59. The van der Waals surface area contributed by atoms with Gasteiger partial charge in [0.05, 0.1) is 13.0 Å². The molecule has 32 heavy (non-hydrogen) atoms. The van der Waals surface area contributed by atoms with Crippen molar-refractivity contribution in [1.82, 2.24) is 14.2 Å². The number of carbonyl (C=O) groups excluding carboxylic acids is 1. The van der Waals surface area contributed by atoms with Gasteiger partial charge in [-0.3, -0.25) is 9.20 Å². The normalized spacial score (nSPS) is 12.7. The van der Waals surface area contributed by atoms with E-state index < -0.39 is 0 Å². The van der Waals surface area contributed by atoms with Crippen molar-refractivity contribution in [3.8, 4) is 11.5 Å². The molecule has 162 valence electrons. The number of carbonyl (C=O) groups is 1. The van der Waals surface area contributed by atoms with E-state index in [0.29, 0.717) is 42.6 Å². The van der Waals surface area contributed by atoms with Crippen LogP contribution < -0.4 is 20.5 Å². The molecule has 1 aliphatic heterocycles. The van der Waals surface area contributed by atoms with Crippen LogP contribution in [-0.4, -0.2) is 33.3 Å². The van der Waals surface area contributed by atoms with Crippen molar-refractivity contribution < 1.29 is 14.3 Å². The van der Waals surface area contributed by atoms with Gasteiger partial charge in [-0.2, -0.15) is 0 Å². The van der Waals surface area contributed by atoms with E-state index in [1.54, 1.807) is 18.3 Å². The number of benzene rings is 2. The lowest BCUT2D eigenvalue weighted by Crippen LogP contribution is -2.21. The van der Waals surface area contributed by atoms with Crippen molar-refractivity contribution in [2.45, 2.75) is 13.0 Å². The van der Waals surface area contributed by atoms with E-state index in [-0.39, 0.29) is 18.0 Å². The molecule has 0 bridgehead atoms. The van der Waals surface area contributed by atoms with Gasteiger partial charge in [0, 0.05) is 16.4 Å². The molecule has 0 saturated heterocycles. The quantitative estimate of drug-likeness (QED) is 0.460. The highest BCUT2D eigenvalue weighted by atomic mass is 79.9. The summed E-state index contributed by atoms with van der Waals surface area (Å²) >= 11 is 3.50. The second-order valence-corrected chi connectivity index (χ2v) is 8.24. The highest BCUT2D eigenvalue weighted by molar-refractivity contribution is 9.10. The fourth-order valence-electron chi connectivity index (χ4n) is 3.61. The summed E-state index contributed by atoms with van der Waals surface area (Å²) in [7, 11) is 0. The smallest absolute Gasteiger partial charge is 0.350 e. The molecule has 0 spiro atoms. The number of hydrogen-bond donors (Lipinski definition) is 1. The van der Waals surface area contributed by atoms with Crippen LogP contribution in [0.2, 0.25) is 0 Å². The highest BCUT2D eigenvalue weighted by Crippen LogP contribution is 2.35. The molecule has 0 unspecified atom stereocenters. The predicted molar refractivity (Wildman–Crippen MR) is 122 cm³/mol. The van der Waals surface area contributed by atoms with E-state index in [1.807, 2.05) is 42.5 Å². The number of halogens is 1. The van der Waals surface area contributed by atoms with Gasteiger partial charge in [0.15, 0.2) is 17.1 Å². The summed E-state index contributed by atoms with van der Waals surface area (Å²) in [5.74, 6) is 1.15. The van der Waals surface area contributed by atoms with Gasteiger partial charge in [0.2, 0.25) is 5.91 Å². The SMILES string of the molecule is O=C(Cc1cc2c(cc1Br)OCCO2)Nc1cccc(Cn2nc3ccccn3c2=O)c1. The van der Waals surface area contributed by atoms with Gasteiger partial charge in [0.1, 0.15) is 13.2 Å². The molecule has 0 fully saturated rings. The first-order valence-corrected chi connectivity index (χ1v) is 10.9. The van der Waals surface area contributed by atoms with E-state index >= 15 is 0 Å². The number of amides is 1. The molecule has 2 aromatic carbocycles. The average Bonchev–Trinajstić information content (AvgIpc) is 3.10. The van der Waals surface area contributed by atoms with E-state index in [0.717, 1.165) is 15.6 Å². The van der Waals surface area contributed by atoms with Crippen molar-refractivity contribution in [3.05, 3.63) is 86.9 Å². The summed E-state index contributed by atoms with van der Waals surface area (Å²) in [6.07, 6.45) is 1.86. The summed E-state index contributed by atoms with van der Waals surface area (Å²) in [5.41, 5.74) is 2.69. The molecule has 1 N–H and O–H groups in total. The molecular formula is C23H19BrN4O4. The van der Waals surface area contributed by atoms with Gasteiger partial charge in [-0.25, -0.2) is 9.48 Å². The molecule has 3 heterocycles. The van der Waals surface area contributed by atoms with Crippen LogP contribution in [0.25, 0.3) is 5.65 Å².